The molecular formula is C23H20FN3O4S. The van der Waals surface area contributed by atoms with Crippen molar-refractivity contribution in [3.05, 3.63) is 84.2 Å². The third-order valence-electron chi connectivity index (χ3n) is 5.25. The van der Waals surface area contributed by atoms with Gasteiger partial charge in [0.25, 0.3) is 10.0 Å². The van der Waals surface area contributed by atoms with E-state index in [0.717, 1.165) is 4.31 Å². The molecule has 0 aliphatic carbocycles. The SMILES string of the molecule is CN(c1ccccc1)S(=O)(=O)c1cccc(NC(=O)[C@@H]2CC(=O)Nc3cc(F)ccc32)c1. The van der Waals surface area contributed by atoms with Crippen LogP contribution in [0.1, 0.15) is 17.9 Å². The molecule has 0 bridgehead atoms. The van der Waals surface area contributed by atoms with Crippen LogP contribution in [0, 0.1) is 5.82 Å². The third kappa shape index (κ3) is 4.19. The molecule has 1 aliphatic heterocycles. The lowest BCUT2D eigenvalue weighted by molar-refractivity contribution is -0.123. The zero-order valence-electron chi connectivity index (χ0n) is 17.1. The van der Waals surface area contributed by atoms with Crippen molar-refractivity contribution in [2.24, 2.45) is 0 Å². The van der Waals surface area contributed by atoms with Gasteiger partial charge in [-0.3, -0.25) is 13.9 Å². The molecule has 0 spiro atoms. The lowest BCUT2D eigenvalue weighted by atomic mass is 9.89. The van der Waals surface area contributed by atoms with Crippen LogP contribution in [-0.2, 0) is 19.6 Å². The van der Waals surface area contributed by atoms with Crippen molar-refractivity contribution in [3.63, 3.8) is 0 Å². The van der Waals surface area contributed by atoms with E-state index in [2.05, 4.69) is 10.6 Å². The van der Waals surface area contributed by atoms with Crippen molar-refractivity contribution in [1.29, 1.82) is 0 Å². The zero-order valence-corrected chi connectivity index (χ0v) is 17.9. The zero-order chi connectivity index (χ0) is 22.9. The smallest absolute Gasteiger partial charge is 0.264 e. The van der Waals surface area contributed by atoms with Crippen LogP contribution in [0.4, 0.5) is 21.5 Å². The molecule has 2 amide bonds. The maximum atomic E-state index is 13.5. The topological polar surface area (TPSA) is 95.6 Å². The molecule has 2 N–H and O–H groups in total. The predicted molar refractivity (Wildman–Crippen MR) is 119 cm³/mol. The Bertz CT molecular complexity index is 1300. The number of benzene rings is 3. The highest BCUT2D eigenvalue weighted by Crippen LogP contribution is 2.34. The maximum Gasteiger partial charge on any atom is 0.264 e. The summed E-state index contributed by atoms with van der Waals surface area (Å²) < 4.78 is 40.8. The Morgan fingerprint density at radius 2 is 1.81 bits per heavy atom. The van der Waals surface area contributed by atoms with Gasteiger partial charge in [0.05, 0.1) is 16.5 Å². The fraction of sp³-hybridized carbons (Fsp3) is 0.130. The normalized spacial score (nSPS) is 15.4. The Morgan fingerprint density at radius 3 is 2.56 bits per heavy atom. The van der Waals surface area contributed by atoms with E-state index in [1.54, 1.807) is 36.4 Å². The van der Waals surface area contributed by atoms with E-state index in [0.29, 0.717) is 11.3 Å². The Kier molecular flexibility index (Phi) is 5.67. The molecule has 164 valence electrons. The molecule has 1 aliphatic rings. The molecule has 0 saturated heterocycles. The molecule has 0 fully saturated rings. The summed E-state index contributed by atoms with van der Waals surface area (Å²) in [7, 11) is -2.41. The number of fused-ring (bicyclic) bond motifs is 1. The number of hydrogen-bond donors (Lipinski definition) is 2. The summed E-state index contributed by atoms with van der Waals surface area (Å²) in [5.41, 5.74) is 1.52. The summed E-state index contributed by atoms with van der Waals surface area (Å²) >= 11 is 0. The van der Waals surface area contributed by atoms with Crippen molar-refractivity contribution in [2.75, 3.05) is 22.0 Å². The van der Waals surface area contributed by atoms with Crippen LogP contribution >= 0.6 is 0 Å². The van der Waals surface area contributed by atoms with Crippen LogP contribution in [0.2, 0.25) is 0 Å². The molecule has 0 aromatic heterocycles. The van der Waals surface area contributed by atoms with Gasteiger partial charge < -0.3 is 10.6 Å². The van der Waals surface area contributed by atoms with Gasteiger partial charge in [0.1, 0.15) is 5.82 Å². The fourth-order valence-corrected chi connectivity index (χ4v) is 4.81. The summed E-state index contributed by atoms with van der Waals surface area (Å²) in [5, 5.41) is 5.25. The maximum absolute atomic E-state index is 13.5. The van der Waals surface area contributed by atoms with Gasteiger partial charge in [-0.15, -0.1) is 0 Å². The van der Waals surface area contributed by atoms with Crippen LogP contribution in [0.25, 0.3) is 0 Å². The van der Waals surface area contributed by atoms with Gasteiger partial charge in [-0.25, -0.2) is 12.8 Å². The highest BCUT2D eigenvalue weighted by molar-refractivity contribution is 7.92. The molecule has 1 atom stereocenters. The molecule has 0 radical (unpaired) electrons. The first-order valence-corrected chi connectivity index (χ1v) is 11.2. The number of hydrogen-bond acceptors (Lipinski definition) is 4. The van der Waals surface area contributed by atoms with E-state index < -0.39 is 33.6 Å². The first-order valence-electron chi connectivity index (χ1n) is 9.80. The largest absolute Gasteiger partial charge is 0.326 e. The summed E-state index contributed by atoms with van der Waals surface area (Å²) in [6.45, 7) is 0. The Balaban J connectivity index is 1.59. The van der Waals surface area contributed by atoms with Crippen LogP contribution in [-0.4, -0.2) is 27.3 Å². The second kappa shape index (κ2) is 8.43. The number of carbonyl (C=O) groups is 2. The van der Waals surface area contributed by atoms with Gasteiger partial charge in [0.15, 0.2) is 0 Å². The van der Waals surface area contributed by atoms with E-state index in [1.165, 1.54) is 43.4 Å². The van der Waals surface area contributed by atoms with E-state index in [9.17, 15) is 22.4 Å². The van der Waals surface area contributed by atoms with Crippen LogP contribution in [0.5, 0.6) is 0 Å². The predicted octanol–water partition coefficient (Wildman–Crippen LogP) is 3.72. The van der Waals surface area contributed by atoms with Gasteiger partial charge in [-0.2, -0.15) is 0 Å². The summed E-state index contributed by atoms with van der Waals surface area (Å²) in [6, 6.07) is 18.4. The first-order chi connectivity index (χ1) is 15.3. The number of para-hydroxylation sites is 1. The lowest BCUT2D eigenvalue weighted by Crippen LogP contribution is -2.31. The van der Waals surface area contributed by atoms with E-state index in [1.807, 2.05) is 0 Å². The van der Waals surface area contributed by atoms with Gasteiger partial charge in [-0.05, 0) is 48.0 Å². The molecule has 9 heteroatoms. The number of carbonyl (C=O) groups excluding carboxylic acids is 2. The first kappa shape index (κ1) is 21.5. The molecule has 0 unspecified atom stereocenters. The lowest BCUT2D eigenvalue weighted by Gasteiger charge is -2.25. The van der Waals surface area contributed by atoms with Gasteiger partial charge in [0.2, 0.25) is 11.8 Å². The van der Waals surface area contributed by atoms with Crippen molar-refractivity contribution in [3.8, 4) is 0 Å². The Morgan fingerprint density at radius 1 is 1.06 bits per heavy atom. The number of anilines is 3. The summed E-state index contributed by atoms with van der Waals surface area (Å²) in [5.74, 6) is -2.24. The van der Waals surface area contributed by atoms with Crippen molar-refractivity contribution in [1.82, 2.24) is 0 Å². The molecule has 1 heterocycles. The number of nitrogens with one attached hydrogen (secondary N) is 2. The minimum absolute atomic E-state index is 0.00510. The van der Waals surface area contributed by atoms with E-state index in [-0.39, 0.29) is 22.7 Å². The van der Waals surface area contributed by atoms with Crippen LogP contribution in [0.3, 0.4) is 0 Å². The van der Waals surface area contributed by atoms with Crippen molar-refractivity contribution < 1.29 is 22.4 Å². The van der Waals surface area contributed by atoms with Crippen LogP contribution < -0.4 is 14.9 Å². The second-order valence-electron chi connectivity index (χ2n) is 7.36. The number of amides is 2. The quantitative estimate of drug-likeness (QED) is 0.616. The van der Waals surface area contributed by atoms with Crippen molar-refractivity contribution in [2.45, 2.75) is 17.2 Å². The summed E-state index contributed by atoms with van der Waals surface area (Å²) in [6.07, 6.45) is -0.0980. The number of rotatable bonds is 5. The van der Waals surface area contributed by atoms with E-state index in [4.69, 9.17) is 0 Å². The molecule has 3 aromatic rings. The third-order valence-corrected chi connectivity index (χ3v) is 7.03. The summed E-state index contributed by atoms with van der Waals surface area (Å²) in [4.78, 5) is 24.9. The highest BCUT2D eigenvalue weighted by Gasteiger charge is 2.31. The molecule has 7 nitrogen and oxygen atoms in total. The monoisotopic (exact) mass is 453 g/mol. The number of halogens is 1. The second-order valence-corrected chi connectivity index (χ2v) is 9.33. The minimum atomic E-state index is -3.86. The molecule has 3 aromatic carbocycles. The van der Waals surface area contributed by atoms with Gasteiger partial charge in [-0.1, -0.05) is 30.3 Å². The van der Waals surface area contributed by atoms with Crippen LogP contribution in [0.15, 0.2) is 77.7 Å². The fourth-order valence-electron chi connectivity index (χ4n) is 3.57. The number of nitrogens with zero attached hydrogens (tertiary/aromatic N) is 1. The number of sulfonamides is 1. The van der Waals surface area contributed by atoms with Gasteiger partial charge >= 0.3 is 0 Å². The average Bonchev–Trinajstić information content (AvgIpc) is 2.78. The highest BCUT2D eigenvalue weighted by atomic mass is 32.2. The Labute approximate surface area is 184 Å². The van der Waals surface area contributed by atoms with Crippen molar-refractivity contribution >= 4 is 38.9 Å². The molecular weight excluding hydrogens is 433 g/mol. The van der Waals surface area contributed by atoms with Gasteiger partial charge in [0, 0.05) is 24.8 Å². The minimum Gasteiger partial charge on any atom is -0.326 e. The standard InChI is InChI=1S/C23H20FN3O4S/c1-27(17-7-3-2-4-8-17)32(30,31)18-9-5-6-16(13-18)25-23(29)20-14-22(28)26-21-12-15(24)10-11-19(20)21/h2-13,20H,14H2,1H3,(H,25,29)(H,26,28)/t20-/m1/s1. The Hall–Kier alpha value is -3.72. The average molecular weight is 453 g/mol. The molecule has 4 rings (SSSR count). The molecule has 0 saturated carbocycles. The molecule has 32 heavy (non-hydrogen) atoms. The van der Waals surface area contributed by atoms with E-state index >= 15 is 0 Å².